The number of carbonyl (C=O) groups excluding carboxylic acids is 2. The first-order valence-corrected chi connectivity index (χ1v) is 7.08. The standard InChI is InChI=1S/C15H16FN3O3/c1-3-22-15(21)13-12-7-18(2)14(20)10-6-9(16)4-5-11(10)19(12)8-17-13/h4,6,8,11H,3,5,7H2,1-2H3. The SMILES string of the molecule is CCOC(=O)c1ncn2c1CN(C)C(=O)C1=CC(F)=CCC12. The molecule has 1 atom stereocenters. The van der Waals surface area contributed by atoms with Gasteiger partial charge in [0.25, 0.3) is 5.91 Å². The van der Waals surface area contributed by atoms with Crippen molar-refractivity contribution in [3.8, 4) is 0 Å². The molecule has 3 rings (SSSR count). The van der Waals surface area contributed by atoms with E-state index in [9.17, 15) is 14.0 Å². The van der Waals surface area contributed by atoms with Gasteiger partial charge in [-0.05, 0) is 25.5 Å². The van der Waals surface area contributed by atoms with Crippen LogP contribution in [0.4, 0.5) is 4.39 Å². The van der Waals surface area contributed by atoms with Crippen molar-refractivity contribution in [2.75, 3.05) is 13.7 Å². The van der Waals surface area contributed by atoms with Crippen molar-refractivity contribution in [1.29, 1.82) is 0 Å². The number of rotatable bonds is 2. The molecular weight excluding hydrogens is 289 g/mol. The summed E-state index contributed by atoms with van der Waals surface area (Å²) in [7, 11) is 1.62. The Morgan fingerprint density at radius 2 is 2.32 bits per heavy atom. The number of hydrogen-bond acceptors (Lipinski definition) is 4. The van der Waals surface area contributed by atoms with Crippen LogP contribution in [0, 0.1) is 0 Å². The minimum atomic E-state index is -0.512. The number of esters is 1. The number of allylic oxidation sites excluding steroid dienone is 3. The number of likely N-dealkylation sites (N-methyl/N-ethyl adjacent to an activating group) is 1. The van der Waals surface area contributed by atoms with Gasteiger partial charge in [0.1, 0.15) is 5.83 Å². The number of nitrogens with zero attached hydrogens (tertiary/aromatic N) is 3. The van der Waals surface area contributed by atoms with Crippen molar-refractivity contribution < 1.29 is 18.7 Å². The molecule has 0 radical (unpaired) electrons. The van der Waals surface area contributed by atoms with Crippen LogP contribution in [0.1, 0.15) is 35.6 Å². The summed E-state index contributed by atoms with van der Waals surface area (Å²) in [6.07, 6.45) is 4.55. The number of aromatic nitrogens is 2. The predicted octanol–water partition coefficient (Wildman–Crippen LogP) is 1.76. The first-order valence-electron chi connectivity index (χ1n) is 7.08. The smallest absolute Gasteiger partial charge is 0.358 e. The van der Waals surface area contributed by atoms with E-state index < -0.39 is 11.8 Å². The molecule has 1 amide bonds. The van der Waals surface area contributed by atoms with E-state index in [0.29, 0.717) is 17.7 Å². The van der Waals surface area contributed by atoms with E-state index in [1.54, 1.807) is 18.5 Å². The van der Waals surface area contributed by atoms with Crippen molar-refractivity contribution in [2.24, 2.45) is 0 Å². The van der Waals surface area contributed by atoms with E-state index >= 15 is 0 Å². The molecule has 0 fully saturated rings. The fourth-order valence-corrected chi connectivity index (χ4v) is 2.82. The zero-order valence-corrected chi connectivity index (χ0v) is 12.4. The zero-order valence-electron chi connectivity index (χ0n) is 12.4. The van der Waals surface area contributed by atoms with Gasteiger partial charge in [-0.3, -0.25) is 4.79 Å². The van der Waals surface area contributed by atoms with Crippen LogP contribution in [-0.4, -0.2) is 40.0 Å². The number of fused-ring (bicyclic) bond motifs is 3. The molecule has 2 aliphatic rings. The number of halogens is 1. The summed E-state index contributed by atoms with van der Waals surface area (Å²) in [5.74, 6) is -1.17. The molecule has 1 aromatic rings. The van der Waals surface area contributed by atoms with Crippen LogP contribution < -0.4 is 0 Å². The van der Waals surface area contributed by atoms with Crippen molar-refractivity contribution in [3.63, 3.8) is 0 Å². The Bertz CT molecular complexity index is 705. The molecule has 6 nitrogen and oxygen atoms in total. The quantitative estimate of drug-likeness (QED) is 0.781. The van der Waals surface area contributed by atoms with Gasteiger partial charge in [0.05, 0.1) is 31.2 Å². The van der Waals surface area contributed by atoms with Crippen LogP contribution in [0.2, 0.25) is 0 Å². The molecule has 116 valence electrons. The van der Waals surface area contributed by atoms with Gasteiger partial charge in [0, 0.05) is 12.6 Å². The second-order valence-electron chi connectivity index (χ2n) is 5.27. The number of carbonyl (C=O) groups is 2. The number of hydrogen-bond donors (Lipinski definition) is 0. The van der Waals surface area contributed by atoms with E-state index in [0.717, 1.165) is 0 Å². The van der Waals surface area contributed by atoms with E-state index in [-0.39, 0.29) is 30.8 Å². The summed E-state index contributed by atoms with van der Waals surface area (Å²) in [5, 5.41) is 0. The Morgan fingerprint density at radius 3 is 3.05 bits per heavy atom. The molecule has 0 spiro atoms. The highest BCUT2D eigenvalue weighted by molar-refractivity contribution is 5.96. The average molecular weight is 305 g/mol. The zero-order chi connectivity index (χ0) is 15.9. The lowest BCUT2D eigenvalue weighted by Gasteiger charge is -2.22. The van der Waals surface area contributed by atoms with Crippen LogP contribution in [0.15, 0.2) is 29.9 Å². The summed E-state index contributed by atoms with van der Waals surface area (Å²) < 4.78 is 20.3. The van der Waals surface area contributed by atoms with Crippen molar-refractivity contribution in [3.05, 3.63) is 41.3 Å². The third-order valence-corrected chi connectivity index (χ3v) is 3.87. The summed E-state index contributed by atoms with van der Waals surface area (Å²) in [5.41, 5.74) is 1.19. The Kier molecular flexibility index (Phi) is 3.56. The minimum absolute atomic E-state index is 0.206. The average Bonchev–Trinajstić information content (AvgIpc) is 2.86. The molecule has 0 bridgehead atoms. The highest BCUT2D eigenvalue weighted by atomic mass is 19.1. The summed E-state index contributed by atoms with van der Waals surface area (Å²) >= 11 is 0. The predicted molar refractivity (Wildman–Crippen MR) is 75.6 cm³/mol. The largest absolute Gasteiger partial charge is 0.461 e. The monoisotopic (exact) mass is 305 g/mol. The number of amides is 1. The van der Waals surface area contributed by atoms with E-state index in [4.69, 9.17) is 4.74 Å². The Balaban J connectivity index is 2.09. The van der Waals surface area contributed by atoms with Crippen LogP contribution in [0.25, 0.3) is 0 Å². The van der Waals surface area contributed by atoms with Gasteiger partial charge in [0.2, 0.25) is 0 Å². The lowest BCUT2D eigenvalue weighted by molar-refractivity contribution is -0.126. The summed E-state index contributed by atoms with van der Waals surface area (Å²) in [6, 6.07) is -0.345. The Morgan fingerprint density at radius 1 is 1.55 bits per heavy atom. The molecule has 0 saturated heterocycles. The van der Waals surface area contributed by atoms with Crippen LogP contribution in [0.5, 0.6) is 0 Å². The summed E-state index contributed by atoms with van der Waals surface area (Å²) in [6.45, 7) is 2.20. The lowest BCUT2D eigenvalue weighted by atomic mass is 9.97. The van der Waals surface area contributed by atoms with Crippen LogP contribution in [-0.2, 0) is 16.1 Å². The molecule has 2 heterocycles. The molecule has 1 aliphatic carbocycles. The van der Waals surface area contributed by atoms with E-state index in [2.05, 4.69) is 4.98 Å². The molecule has 0 saturated carbocycles. The Labute approximate surface area is 126 Å². The number of ether oxygens (including phenoxy) is 1. The van der Waals surface area contributed by atoms with Gasteiger partial charge in [-0.1, -0.05) is 0 Å². The molecular formula is C15H16FN3O3. The maximum Gasteiger partial charge on any atom is 0.358 e. The normalized spacial score (nSPS) is 20.6. The molecule has 1 aromatic heterocycles. The summed E-state index contributed by atoms with van der Waals surface area (Å²) in [4.78, 5) is 30.0. The maximum atomic E-state index is 13.5. The van der Waals surface area contributed by atoms with Crippen LogP contribution >= 0.6 is 0 Å². The number of imidazole rings is 1. The molecule has 0 N–H and O–H groups in total. The minimum Gasteiger partial charge on any atom is -0.461 e. The fourth-order valence-electron chi connectivity index (χ4n) is 2.82. The van der Waals surface area contributed by atoms with E-state index in [1.165, 1.54) is 23.4 Å². The van der Waals surface area contributed by atoms with Gasteiger partial charge in [-0.25, -0.2) is 14.2 Å². The van der Waals surface area contributed by atoms with Gasteiger partial charge >= 0.3 is 5.97 Å². The molecule has 1 aliphatic heterocycles. The van der Waals surface area contributed by atoms with Crippen LogP contribution in [0.3, 0.4) is 0 Å². The first kappa shape index (κ1) is 14.5. The molecule has 0 aromatic carbocycles. The van der Waals surface area contributed by atoms with Gasteiger partial charge < -0.3 is 14.2 Å². The maximum absolute atomic E-state index is 13.5. The third-order valence-electron chi connectivity index (χ3n) is 3.87. The van der Waals surface area contributed by atoms with Crippen molar-refractivity contribution in [2.45, 2.75) is 25.9 Å². The highest BCUT2D eigenvalue weighted by Crippen LogP contribution is 2.35. The first-order chi connectivity index (χ1) is 10.5. The van der Waals surface area contributed by atoms with Gasteiger partial charge in [-0.15, -0.1) is 0 Å². The molecule has 7 heteroatoms. The van der Waals surface area contributed by atoms with Crippen molar-refractivity contribution >= 4 is 11.9 Å². The second kappa shape index (κ2) is 5.40. The molecule has 22 heavy (non-hydrogen) atoms. The fraction of sp³-hybridized carbons (Fsp3) is 0.400. The second-order valence-corrected chi connectivity index (χ2v) is 5.27. The Hall–Kier alpha value is -2.44. The van der Waals surface area contributed by atoms with Crippen molar-refractivity contribution in [1.82, 2.24) is 14.5 Å². The topological polar surface area (TPSA) is 64.4 Å². The molecule has 1 unspecified atom stereocenters. The van der Waals surface area contributed by atoms with Gasteiger partial charge in [-0.2, -0.15) is 0 Å². The van der Waals surface area contributed by atoms with E-state index in [1.807, 2.05) is 0 Å². The highest BCUT2D eigenvalue weighted by Gasteiger charge is 2.35. The van der Waals surface area contributed by atoms with Gasteiger partial charge in [0.15, 0.2) is 5.69 Å². The third kappa shape index (κ3) is 2.22. The lowest BCUT2D eigenvalue weighted by Crippen LogP contribution is -2.28.